The van der Waals surface area contributed by atoms with E-state index in [1.165, 1.54) is 6.07 Å². The second kappa shape index (κ2) is 5.96. The molecule has 1 fully saturated rings. The summed E-state index contributed by atoms with van der Waals surface area (Å²) >= 11 is 1.69. The zero-order valence-electron chi connectivity index (χ0n) is 10.2. The first-order valence-electron chi connectivity index (χ1n) is 5.97. The fraction of sp³-hybridized carbons (Fsp3) is 0.462. The minimum atomic E-state index is -4.36. The van der Waals surface area contributed by atoms with Gasteiger partial charge >= 0.3 is 6.18 Å². The number of nitrogens with one attached hydrogen (secondary N) is 1. The molecule has 0 bridgehead atoms. The van der Waals surface area contributed by atoms with Crippen LogP contribution in [0.25, 0.3) is 0 Å². The van der Waals surface area contributed by atoms with E-state index in [2.05, 4.69) is 5.32 Å². The molecule has 0 spiro atoms. The van der Waals surface area contributed by atoms with Gasteiger partial charge in [0, 0.05) is 24.5 Å². The molecule has 19 heavy (non-hydrogen) atoms. The third-order valence-corrected chi connectivity index (χ3v) is 4.00. The Bertz CT molecular complexity index is 455. The second-order valence-corrected chi connectivity index (χ2v) is 5.57. The van der Waals surface area contributed by atoms with E-state index < -0.39 is 11.7 Å². The van der Waals surface area contributed by atoms with Gasteiger partial charge in [0.05, 0.1) is 11.6 Å². The fourth-order valence-corrected chi connectivity index (χ4v) is 2.92. The number of hydrogen-bond acceptors (Lipinski definition) is 3. The van der Waals surface area contributed by atoms with Gasteiger partial charge in [-0.05, 0) is 11.6 Å². The molecule has 0 saturated carbocycles. The predicted octanol–water partition coefficient (Wildman–Crippen LogP) is 2.52. The highest BCUT2D eigenvalue weighted by atomic mass is 32.2. The molecule has 1 aromatic rings. The Kier molecular flexibility index (Phi) is 4.52. The number of ketones is 1. The third-order valence-electron chi connectivity index (χ3n) is 2.94. The van der Waals surface area contributed by atoms with Gasteiger partial charge in [-0.25, -0.2) is 0 Å². The fourth-order valence-electron chi connectivity index (χ4n) is 1.95. The summed E-state index contributed by atoms with van der Waals surface area (Å²) in [6.45, 7) is 0.768. The molecule has 0 aromatic heterocycles. The topological polar surface area (TPSA) is 29.1 Å². The maximum absolute atomic E-state index is 12.6. The summed E-state index contributed by atoms with van der Waals surface area (Å²) < 4.78 is 37.7. The lowest BCUT2D eigenvalue weighted by molar-refractivity contribution is -0.137. The molecule has 2 nitrogen and oxygen atoms in total. The Morgan fingerprint density at radius 2 is 2.21 bits per heavy atom. The molecule has 1 heterocycles. The van der Waals surface area contributed by atoms with E-state index in [0.29, 0.717) is 11.3 Å². The molecule has 104 valence electrons. The van der Waals surface area contributed by atoms with Gasteiger partial charge in [-0.1, -0.05) is 18.2 Å². The Hall–Kier alpha value is -1.01. The van der Waals surface area contributed by atoms with Crippen molar-refractivity contribution in [3.63, 3.8) is 0 Å². The van der Waals surface area contributed by atoms with Crippen molar-refractivity contribution < 1.29 is 18.0 Å². The van der Waals surface area contributed by atoms with Crippen molar-refractivity contribution >= 4 is 17.5 Å². The average Bonchev–Trinajstić information content (AvgIpc) is 2.39. The summed E-state index contributed by atoms with van der Waals surface area (Å²) in [5.41, 5.74) is -0.291. The molecular formula is C13H14F3NOS. The normalized spacial score (nSPS) is 20.3. The van der Waals surface area contributed by atoms with Crippen molar-refractivity contribution in [2.24, 2.45) is 0 Å². The van der Waals surface area contributed by atoms with Crippen LogP contribution in [0.4, 0.5) is 13.2 Å². The van der Waals surface area contributed by atoms with Crippen molar-refractivity contribution in [1.29, 1.82) is 0 Å². The summed E-state index contributed by atoms with van der Waals surface area (Å²) in [6.07, 6.45) is -4.32. The molecule has 0 amide bonds. The summed E-state index contributed by atoms with van der Waals surface area (Å²) in [6, 6.07) is 4.72. The zero-order valence-corrected chi connectivity index (χ0v) is 11.0. The van der Waals surface area contributed by atoms with E-state index in [4.69, 9.17) is 0 Å². The van der Waals surface area contributed by atoms with Crippen LogP contribution in [0.2, 0.25) is 0 Å². The summed E-state index contributed by atoms with van der Waals surface area (Å²) in [5, 5.41) is 3.09. The van der Waals surface area contributed by atoms with Crippen molar-refractivity contribution in [1.82, 2.24) is 5.32 Å². The summed E-state index contributed by atoms with van der Waals surface area (Å²) in [5.74, 6) is 1.61. The van der Waals surface area contributed by atoms with Crippen LogP contribution in [0, 0.1) is 0 Å². The highest BCUT2D eigenvalue weighted by Crippen LogP contribution is 2.29. The number of halogens is 3. The smallest absolute Gasteiger partial charge is 0.306 e. The lowest BCUT2D eigenvalue weighted by Gasteiger charge is -2.22. The number of carbonyl (C=O) groups is 1. The molecule has 1 atom stereocenters. The summed E-state index contributed by atoms with van der Waals surface area (Å²) in [7, 11) is 0. The van der Waals surface area contributed by atoms with E-state index in [1.54, 1.807) is 17.8 Å². The van der Waals surface area contributed by atoms with Gasteiger partial charge in [0.15, 0.2) is 5.78 Å². The van der Waals surface area contributed by atoms with E-state index in [9.17, 15) is 18.0 Å². The number of hydrogen-bond donors (Lipinski definition) is 1. The molecule has 1 unspecified atom stereocenters. The monoisotopic (exact) mass is 289 g/mol. The lowest BCUT2D eigenvalue weighted by atomic mass is 10.0. The van der Waals surface area contributed by atoms with Crippen molar-refractivity contribution in [3.05, 3.63) is 35.4 Å². The third kappa shape index (κ3) is 3.98. The van der Waals surface area contributed by atoms with Crippen LogP contribution in [0.3, 0.4) is 0 Å². The van der Waals surface area contributed by atoms with Gasteiger partial charge in [0.2, 0.25) is 0 Å². The van der Waals surface area contributed by atoms with Gasteiger partial charge < -0.3 is 5.32 Å². The number of rotatable bonds is 3. The van der Waals surface area contributed by atoms with Crippen LogP contribution in [0.1, 0.15) is 11.1 Å². The van der Waals surface area contributed by atoms with Gasteiger partial charge in [-0.15, -0.1) is 0 Å². The molecule has 1 saturated heterocycles. The number of carbonyl (C=O) groups excluding carboxylic acids is 1. The van der Waals surface area contributed by atoms with Crippen molar-refractivity contribution in [3.8, 4) is 0 Å². The maximum atomic E-state index is 12.6. The Labute approximate surface area is 113 Å². The molecule has 1 aliphatic heterocycles. The van der Waals surface area contributed by atoms with E-state index >= 15 is 0 Å². The number of alkyl halides is 3. The van der Waals surface area contributed by atoms with Gasteiger partial charge in [0.25, 0.3) is 0 Å². The average molecular weight is 289 g/mol. The van der Waals surface area contributed by atoms with Gasteiger partial charge in [-0.2, -0.15) is 24.9 Å². The van der Waals surface area contributed by atoms with Crippen LogP contribution >= 0.6 is 11.8 Å². The molecule has 0 aliphatic carbocycles. The molecule has 0 radical (unpaired) electrons. The second-order valence-electron chi connectivity index (χ2n) is 4.42. The van der Waals surface area contributed by atoms with Gasteiger partial charge in [0.1, 0.15) is 0 Å². The Morgan fingerprint density at radius 3 is 2.84 bits per heavy atom. The SMILES string of the molecule is O=C(Cc1cccc(C(F)(F)F)c1)C1CSCCN1. The predicted molar refractivity (Wildman–Crippen MR) is 69.3 cm³/mol. The first-order chi connectivity index (χ1) is 8.97. The van der Waals surface area contributed by atoms with Crippen LogP contribution in [0.5, 0.6) is 0 Å². The molecule has 2 rings (SSSR count). The van der Waals surface area contributed by atoms with Gasteiger partial charge in [-0.3, -0.25) is 4.79 Å². The highest BCUT2D eigenvalue weighted by Gasteiger charge is 2.30. The maximum Gasteiger partial charge on any atom is 0.416 e. The molecule has 1 N–H and O–H groups in total. The standard InChI is InChI=1S/C13H14F3NOS/c14-13(15,16)10-3-1-2-9(6-10)7-12(18)11-8-19-5-4-17-11/h1-3,6,11,17H,4-5,7-8H2. The zero-order chi connectivity index (χ0) is 13.9. The molecule has 6 heteroatoms. The lowest BCUT2D eigenvalue weighted by Crippen LogP contribution is -2.44. The number of Topliss-reactive ketones (excluding diaryl/α,β-unsaturated/α-hetero) is 1. The van der Waals surface area contributed by atoms with Crippen LogP contribution < -0.4 is 5.32 Å². The minimum Gasteiger partial charge on any atom is -0.306 e. The van der Waals surface area contributed by atoms with E-state index in [-0.39, 0.29) is 18.2 Å². The molecular weight excluding hydrogens is 275 g/mol. The molecule has 1 aliphatic rings. The van der Waals surface area contributed by atoms with Crippen molar-refractivity contribution in [2.75, 3.05) is 18.1 Å². The minimum absolute atomic E-state index is 0.0438. The van der Waals surface area contributed by atoms with E-state index in [0.717, 1.165) is 24.4 Å². The first kappa shape index (κ1) is 14.4. The largest absolute Gasteiger partial charge is 0.416 e. The number of thioether (sulfide) groups is 1. The van der Waals surface area contributed by atoms with Crippen molar-refractivity contribution in [2.45, 2.75) is 18.6 Å². The van der Waals surface area contributed by atoms with Crippen LogP contribution in [-0.4, -0.2) is 29.9 Å². The number of benzene rings is 1. The van der Waals surface area contributed by atoms with Crippen LogP contribution in [-0.2, 0) is 17.4 Å². The first-order valence-corrected chi connectivity index (χ1v) is 7.12. The molecule has 1 aromatic carbocycles. The van der Waals surface area contributed by atoms with Crippen LogP contribution in [0.15, 0.2) is 24.3 Å². The highest BCUT2D eigenvalue weighted by molar-refractivity contribution is 7.99. The summed E-state index contributed by atoms with van der Waals surface area (Å²) in [4.78, 5) is 12.0. The Balaban J connectivity index is 2.04. The Morgan fingerprint density at radius 1 is 1.42 bits per heavy atom. The quantitative estimate of drug-likeness (QED) is 0.927. The van der Waals surface area contributed by atoms with E-state index in [1.807, 2.05) is 0 Å².